The number of ether oxygens (including phenoxy) is 2. The Balaban J connectivity index is 2.51. The third kappa shape index (κ3) is 4.73. The van der Waals surface area contributed by atoms with E-state index in [9.17, 15) is 4.79 Å². The molecule has 0 spiro atoms. The monoisotopic (exact) mass is 254 g/mol. The molecular formula is C13H18O5. The summed E-state index contributed by atoms with van der Waals surface area (Å²) >= 11 is 0. The Morgan fingerprint density at radius 3 is 2.50 bits per heavy atom. The molecule has 1 aromatic rings. The standard InChI is InChI=1S/C13H18O5/c1-17-12(13(15)16)9-10-3-5-11(6-4-10)18-8-2-7-14/h3-6,12,14H,2,7-9H2,1H3,(H,15,16)/t12-/m0/s1. The van der Waals surface area contributed by atoms with Crippen LogP contribution in [-0.4, -0.2) is 42.6 Å². The van der Waals surface area contributed by atoms with E-state index in [1.807, 2.05) is 12.1 Å². The van der Waals surface area contributed by atoms with Crippen LogP contribution in [0.25, 0.3) is 0 Å². The van der Waals surface area contributed by atoms with Crippen molar-refractivity contribution in [3.8, 4) is 5.75 Å². The van der Waals surface area contributed by atoms with Gasteiger partial charge in [0.2, 0.25) is 0 Å². The predicted molar refractivity (Wildman–Crippen MR) is 65.8 cm³/mol. The van der Waals surface area contributed by atoms with Crippen molar-refractivity contribution in [1.29, 1.82) is 0 Å². The summed E-state index contributed by atoms with van der Waals surface area (Å²) in [6.07, 6.45) is 0.0843. The SMILES string of the molecule is CO[C@@H](Cc1ccc(OCCCO)cc1)C(=O)O. The van der Waals surface area contributed by atoms with E-state index in [-0.39, 0.29) is 6.61 Å². The van der Waals surface area contributed by atoms with E-state index < -0.39 is 12.1 Å². The number of benzene rings is 1. The largest absolute Gasteiger partial charge is 0.494 e. The highest BCUT2D eigenvalue weighted by Crippen LogP contribution is 2.14. The van der Waals surface area contributed by atoms with Crippen LogP contribution in [0.4, 0.5) is 0 Å². The Morgan fingerprint density at radius 1 is 1.33 bits per heavy atom. The van der Waals surface area contributed by atoms with E-state index in [1.54, 1.807) is 12.1 Å². The molecule has 0 unspecified atom stereocenters. The Morgan fingerprint density at radius 2 is 2.00 bits per heavy atom. The van der Waals surface area contributed by atoms with Crippen LogP contribution in [-0.2, 0) is 16.0 Å². The van der Waals surface area contributed by atoms with Crippen LogP contribution in [0, 0.1) is 0 Å². The fourth-order valence-corrected chi connectivity index (χ4v) is 1.46. The highest BCUT2D eigenvalue weighted by molar-refractivity contribution is 5.72. The van der Waals surface area contributed by atoms with Gasteiger partial charge in [-0.25, -0.2) is 4.79 Å². The van der Waals surface area contributed by atoms with Gasteiger partial charge in [0.1, 0.15) is 5.75 Å². The molecule has 0 saturated carbocycles. The lowest BCUT2D eigenvalue weighted by Crippen LogP contribution is -2.24. The van der Waals surface area contributed by atoms with Crippen LogP contribution >= 0.6 is 0 Å². The van der Waals surface area contributed by atoms with Crippen molar-refractivity contribution in [2.24, 2.45) is 0 Å². The molecule has 1 aromatic carbocycles. The van der Waals surface area contributed by atoms with Gasteiger partial charge in [-0.1, -0.05) is 12.1 Å². The quantitative estimate of drug-likeness (QED) is 0.679. The van der Waals surface area contributed by atoms with Crippen molar-refractivity contribution < 1.29 is 24.5 Å². The molecule has 1 rings (SSSR count). The van der Waals surface area contributed by atoms with Gasteiger partial charge in [-0.15, -0.1) is 0 Å². The van der Waals surface area contributed by atoms with Gasteiger partial charge in [0, 0.05) is 26.6 Å². The molecular weight excluding hydrogens is 236 g/mol. The Bertz CT molecular complexity index is 360. The Hall–Kier alpha value is -1.59. The summed E-state index contributed by atoms with van der Waals surface area (Å²) in [5.74, 6) is -0.266. The number of rotatable bonds is 8. The first-order valence-corrected chi connectivity index (χ1v) is 5.75. The molecule has 100 valence electrons. The van der Waals surface area contributed by atoms with Crippen molar-refractivity contribution in [2.75, 3.05) is 20.3 Å². The molecule has 0 heterocycles. The lowest BCUT2D eigenvalue weighted by Gasteiger charge is -2.11. The van der Waals surface area contributed by atoms with Gasteiger partial charge in [-0.3, -0.25) is 0 Å². The van der Waals surface area contributed by atoms with Crippen molar-refractivity contribution >= 4 is 5.97 Å². The molecule has 0 amide bonds. The second kappa shape index (κ2) is 7.68. The second-order valence-corrected chi connectivity index (χ2v) is 3.84. The van der Waals surface area contributed by atoms with E-state index in [0.29, 0.717) is 25.2 Å². The van der Waals surface area contributed by atoms with Crippen molar-refractivity contribution in [3.63, 3.8) is 0 Å². The normalized spacial score (nSPS) is 12.1. The smallest absolute Gasteiger partial charge is 0.333 e. The first-order valence-electron chi connectivity index (χ1n) is 5.75. The van der Waals surface area contributed by atoms with Crippen LogP contribution in [0.5, 0.6) is 5.75 Å². The summed E-state index contributed by atoms with van der Waals surface area (Å²) in [6.45, 7) is 0.567. The first kappa shape index (κ1) is 14.5. The summed E-state index contributed by atoms with van der Waals surface area (Å²) in [6, 6.07) is 7.18. The molecule has 0 aromatic heterocycles. The third-order valence-electron chi connectivity index (χ3n) is 2.48. The molecule has 5 heteroatoms. The zero-order valence-corrected chi connectivity index (χ0v) is 10.3. The van der Waals surface area contributed by atoms with E-state index >= 15 is 0 Å². The van der Waals surface area contributed by atoms with Gasteiger partial charge in [0.25, 0.3) is 0 Å². The van der Waals surface area contributed by atoms with Gasteiger partial charge < -0.3 is 19.7 Å². The van der Waals surface area contributed by atoms with Gasteiger partial charge in [0.05, 0.1) is 6.61 Å². The average molecular weight is 254 g/mol. The summed E-state index contributed by atoms with van der Waals surface area (Å²) in [5.41, 5.74) is 0.874. The Kier molecular flexibility index (Phi) is 6.18. The fraction of sp³-hybridized carbons (Fsp3) is 0.462. The minimum absolute atomic E-state index is 0.103. The molecule has 0 saturated heterocycles. The van der Waals surface area contributed by atoms with Crippen LogP contribution in [0.2, 0.25) is 0 Å². The van der Waals surface area contributed by atoms with Gasteiger partial charge in [-0.2, -0.15) is 0 Å². The summed E-state index contributed by atoms with van der Waals surface area (Å²) < 4.78 is 10.2. The van der Waals surface area contributed by atoms with E-state index in [4.69, 9.17) is 19.7 Å². The molecule has 1 atom stereocenters. The number of carboxylic acid groups (broad SMARTS) is 1. The third-order valence-corrected chi connectivity index (χ3v) is 2.48. The molecule has 0 radical (unpaired) electrons. The molecule has 18 heavy (non-hydrogen) atoms. The molecule has 0 fully saturated rings. The molecule has 0 bridgehead atoms. The first-order chi connectivity index (χ1) is 8.67. The van der Waals surface area contributed by atoms with Gasteiger partial charge in [0.15, 0.2) is 6.10 Å². The van der Waals surface area contributed by atoms with Crippen molar-refractivity contribution in [1.82, 2.24) is 0 Å². The van der Waals surface area contributed by atoms with Crippen LogP contribution in [0.3, 0.4) is 0 Å². The summed E-state index contributed by atoms with van der Waals surface area (Å²) in [5, 5.41) is 17.5. The number of hydrogen-bond donors (Lipinski definition) is 2. The van der Waals surface area contributed by atoms with Gasteiger partial charge in [-0.05, 0) is 17.7 Å². The minimum atomic E-state index is -0.972. The zero-order valence-electron chi connectivity index (χ0n) is 10.3. The summed E-state index contributed by atoms with van der Waals surface area (Å²) in [4.78, 5) is 10.8. The predicted octanol–water partition coefficient (Wildman–Crippen LogP) is 1.09. The highest BCUT2D eigenvalue weighted by atomic mass is 16.5. The van der Waals surface area contributed by atoms with Crippen molar-refractivity contribution in [2.45, 2.75) is 18.9 Å². The van der Waals surface area contributed by atoms with E-state index in [0.717, 1.165) is 5.56 Å². The number of carboxylic acids is 1. The molecule has 0 aliphatic rings. The molecule has 0 aliphatic carbocycles. The number of carbonyl (C=O) groups is 1. The average Bonchev–Trinajstić information content (AvgIpc) is 2.37. The fourth-order valence-electron chi connectivity index (χ4n) is 1.46. The maximum atomic E-state index is 10.8. The molecule has 2 N–H and O–H groups in total. The lowest BCUT2D eigenvalue weighted by molar-refractivity contribution is -0.148. The maximum Gasteiger partial charge on any atom is 0.333 e. The van der Waals surface area contributed by atoms with Gasteiger partial charge >= 0.3 is 5.97 Å². The van der Waals surface area contributed by atoms with E-state index in [2.05, 4.69) is 0 Å². The number of aliphatic hydroxyl groups is 1. The molecule has 5 nitrogen and oxygen atoms in total. The Labute approximate surface area is 106 Å². The number of methoxy groups -OCH3 is 1. The topological polar surface area (TPSA) is 76.0 Å². The number of hydrogen-bond acceptors (Lipinski definition) is 4. The highest BCUT2D eigenvalue weighted by Gasteiger charge is 2.16. The maximum absolute atomic E-state index is 10.8. The number of aliphatic carboxylic acids is 1. The minimum Gasteiger partial charge on any atom is -0.494 e. The van der Waals surface area contributed by atoms with Crippen LogP contribution in [0.15, 0.2) is 24.3 Å². The van der Waals surface area contributed by atoms with Crippen LogP contribution < -0.4 is 4.74 Å². The number of aliphatic hydroxyl groups excluding tert-OH is 1. The summed E-state index contributed by atoms with van der Waals surface area (Å²) in [7, 11) is 1.38. The second-order valence-electron chi connectivity index (χ2n) is 3.84. The molecule has 0 aliphatic heterocycles. The lowest BCUT2D eigenvalue weighted by atomic mass is 10.1. The van der Waals surface area contributed by atoms with Crippen molar-refractivity contribution in [3.05, 3.63) is 29.8 Å². The van der Waals surface area contributed by atoms with Crippen LogP contribution in [0.1, 0.15) is 12.0 Å². The van der Waals surface area contributed by atoms with E-state index in [1.165, 1.54) is 7.11 Å². The zero-order chi connectivity index (χ0) is 13.4.